The number of nitrogens with one attached hydrogen (secondary N) is 1. The highest BCUT2D eigenvalue weighted by molar-refractivity contribution is 5.15. The van der Waals surface area contributed by atoms with Crippen molar-refractivity contribution in [3.8, 4) is 0 Å². The normalized spacial score (nSPS) is 19.0. The number of hydrogen-bond donors (Lipinski definition) is 1. The first-order valence-corrected chi connectivity index (χ1v) is 7.66. The van der Waals surface area contributed by atoms with Gasteiger partial charge in [-0.05, 0) is 37.1 Å². The van der Waals surface area contributed by atoms with E-state index in [2.05, 4.69) is 50.7 Å². The van der Waals surface area contributed by atoms with E-state index in [0.29, 0.717) is 6.04 Å². The van der Waals surface area contributed by atoms with Crippen molar-refractivity contribution in [2.24, 2.45) is 0 Å². The number of likely N-dealkylation sites (tertiary alicyclic amines) is 1. The molecule has 2 heterocycles. The fourth-order valence-electron chi connectivity index (χ4n) is 2.81. The molecule has 1 saturated heterocycles. The molecule has 4 heteroatoms. The Bertz CT molecular complexity index is 480. The molecule has 1 aliphatic heterocycles. The van der Waals surface area contributed by atoms with E-state index >= 15 is 0 Å². The largest absolute Gasteiger partial charge is 0.307 e. The van der Waals surface area contributed by atoms with E-state index in [4.69, 9.17) is 0 Å². The van der Waals surface area contributed by atoms with Crippen molar-refractivity contribution >= 4 is 0 Å². The second-order valence-corrected chi connectivity index (χ2v) is 5.62. The minimum atomic E-state index is 0.572. The first-order valence-electron chi connectivity index (χ1n) is 7.66. The fourth-order valence-corrected chi connectivity index (χ4v) is 2.81. The highest BCUT2D eigenvalue weighted by Crippen LogP contribution is 2.11. The second kappa shape index (κ2) is 7.29. The fraction of sp³-hybridized carbons (Fsp3) is 0.412. The molecule has 21 heavy (non-hydrogen) atoms. The number of aromatic nitrogens is 2. The zero-order chi connectivity index (χ0) is 14.3. The predicted octanol–water partition coefficient (Wildman–Crippen LogP) is 1.88. The van der Waals surface area contributed by atoms with Crippen LogP contribution in [-0.2, 0) is 13.0 Å². The molecule has 1 aliphatic rings. The molecule has 1 aromatic carbocycles. The van der Waals surface area contributed by atoms with Crippen LogP contribution in [-0.4, -0.2) is 40.8 Å². The van der Waals surface area contributed by atoms with Gasteiger partial charge in [0.05, 0.1) is 5.69 Å². The second-order valence-electron chi connectivity index (χ2n) is 5.62. The summed E-state index contributed by atoms with van der Waals surface area (Å²) in [5.74, 6) is 0. The smallest absolute Gasteiger partial charge is 0.0769 e. The quantitative estimate of drug-likeness (QED) is 0.878. The first-order chi connectivity index (χ1) is 10.4. The van der Waals surface area contributed by atoms with Crippen molar-refractivity contribution in [3.05, 3.63) is 59.9 Å². The van der Waals surface area contributed by atoms with Crippen molar-refractivity contribution in [1.82, 2.24) is 20.4 Å². The first kappa shape index (κ1) is 14.2. The van der Waals surface area contributed by atoms with Gasteiger partial charge in [-0.1, -0.05) is 30.3 Å². The molecule has 0 spiro atoms. The molecule has 110 valence electrons. The summed E-state index contributed by atoms with van der Waals surface area (Å²) in [6.45, 7) is 4.27. The maximum atomic E-state index is 4.11. The van der Waals surface area contributed by atoms with Crippen molar-refractivity contribution in [3.63, 3.8) is 0 Å². The summed E-state index contributed by atoms with van der Waals surface area (Å²) in [6, 6.07) is 15.2. The molecule has 0 saturated carbocycles. The van der Waals surface area contributed by atoms with Gasteiger partial charge in [-0.15, -0.1) is 0 Å². The lowest BCUT2D eigenvalue weighted by atomic mass is 10.1. The van der Waals surface area contributed by atoms with Crippen molar-refractivity contribution in [1.29, 1.82) is 0 Å². The average Bonchev–Trinajstić information content (AvgIpc) is 3.01. The van der Waals surface area contributed by atoms with Crippen LogP contribution < -0.4 is 5.32 Å². The Balaban J connectivity index is 1.39. The number of benzene rings is 1. The van der Waals surface area contributed by atoms with Crippen LogP contribution in [0.3, 0.4) is 0 Å². The van der Waals surface area contributed by atoms with E-state index in [-0.39, 0.29) is 0 Å². The molecule has 1 fully saturated rings. The molecule has 0 aliphatic carbocycles. The predicted molar refractivity (Wildman–Crippen MR) is 83.9 cm³/mol. The minimum absolute atomic E-state index is 0.572. The summed E-state index contributed by atoms with van der Waals surface area (Å²) in [7, 11) is 0. The molecular formula is C17H22N4. The van der Waals surface area contributed by atoms with E-state index in [1.165, 1.54) is 18.5 Å². The summed E-state index contributed by atoms with van der Waals surface area (Å²) in [4.78, 5) is 2.54. The van der Waals surface area contributed by atoms with E-state index in [1.807, 2.05) is 12.1 Å². The van der Waals surface area contributed by atoms with Gasteiger partial charge in [0.1, 0.15) is 0 Å². The SMILES string of the molecule is c1ccc(CCN2CCC(NCc3cccnn3)C2)cc1. The van der Waals surface area contributed by atoms with Gasteiger partial charge in [0.25, 0.3) is 0 Å². The summed E-state index contributed by atoms with van der Waals surface area (Å²) in [6.07, 6.45) is 4.07. The molecule has 1 atom stereocenters. The molecule has 0 amide bonds. The average molecular weight is 282 g/mol. The van der Waals surface area contributed by atoms with Crippen LogP contribution in [0, 0.1) is 0 Å². The zero-order valence-corrected chi connectivity index (χ0v) is 12.3. The van der Waals surface area contributed by atoms with E-state index in [1.54, 1.807) is 6.20 Å². The van der Waals surface area contributed by atoms with Crippen molar-refractivity contribution < 1.29 is 0 Å². The Morgan fingerprint density at radius 1 is 1.14 bits per heavy atom. The Labute approximate surface area is 126 Å². The lowest BCUT2D eigenvalue weighted by Gasteiger charge is -2.16. The molecule has 1 aromatic heterocycles. The lowest BCUT2D eigenvalue weighted by Crippen LogP contribution is -2.33. The molecule has 4 nitrogen and oxygen atoms in total. The Hall–Kier alpha value is -1.78. The highest BCUT2D eigenvalue weighted by atomic mass is 15.2. The van der Waals surface area contributed by atoms with Crippen LogP contribution in [0.15, 0.2) is 48.7 Å². The van der Waals surface area contributed by atoms with Crippen LogP contribution in [0.1, 0.15) is 17.7 Å². The lowest BCUT2D eigenvalue weighted by molar-refractivity contribution is 0.331. The van der Waals surface area contributed by atoms with Gasteiger partial charge in [-0.2, -0.15) is 10.2 Å². The molecule has 1 N–H and O–H groups in total. The monoisotopic (exact) mass is 282 g/mol. The van der Waals surface area contributed by atoms with Crippen molar-refractivity contribution in [2.45, 2.75) is 25.4 Å². The maximum absolute atomic E-state index is 4.11. The summed E-state index contributed by atoms with van der Waals surface area (Å²) >= 11 is 0. The number of nitrogens with zero attached hydrogens (tertiary/aromatic N) is 3. The topological polar surface area (TPSA) is 41.0 Å². The van der Waals surface area contributed by atoms with Crippen LogP contribution in [0.2, 0.25) is 0 Å². The third-order valence-electron chi connectivity index (χ3n) is 4.03. The summed E-state index contributed by atoms with van der Waals surface area (Å²) in [5, 5.41) is 11.6. The third-order valence-corrected chi connectivity index (χ3v) is 4.03. The van der Waals surface area contributed by atoms with Crippen LogP contribution in [0.4, 0.5) is 0 Å². The van der Waals surface area contributed by atoms with Crippen LogP contribution in [0.5, 0.6) is 0 Å². The molecule has 2 aromatic rings. The van der Waals surface area contributed by atoms with Crippen LogP contribution in [0.25, 0.3) is 0 Å². The van der Waals surface area contributed by atoms with E-state index in [0.717, 1.165) is 31.7 Å². The van der Waals surface area contributed by atoms with Gasteiger partial charge in [-0.25, -0.2) is 0 Å². The van der Waals surface area contributed by atoms with Gasteiger partial charge < -0.3 is 10.2 Å². The Kier molecular flexibility index (Phi) is 4.92. The van der Waals surface area contributed by atoms with Gasteiger partial charge >= 0.3 is 0 Å². The molecule has 3 rings (SSSR count). The van der Waals surface area contributed by atoms with Gasteiger partial charge in [0.2, 0.25) is 0 Å². The van der Waals surface area contributed by atoms with Crippen molar-refractivity contribution in [2.75, 3.05) is 19.6 Å². The summed E-state index contributed by atoms with van der Waals surface area (Å²) in [5.41, 5.74) is 2.44. The third kappa shape index (κ3) is 4.34. The molecule has 0 radical (unpaired) electrons. The van der Waals surface area contributed by atoms with Crippen LogP contribution >= 0.6 is 0 Å². The van der Waals surface area contributed by atoms with E-state index < -0.39 is 0 Å². The Morgan fingerprint density at radius 2 is 2.05 bits per heavy atom. The number of hydrogen-bond acceptors (Lipinski definition) is 4. The molecule has 0 bridgehead atoms. The molecular weight excluding hydrogens is 260 g/mol. The van der Waals surface area contributed by atoms with Gasteiger partial charge in [0, 0.05) is 31.9 Å². The minimum Gasteiger partial charge on any atom is -0.307 e. The van der Waals surface area contributed by atoms with Gasteiger partial charge in [-0.3, -0.25) is 0 Å². The maximum Gasteiger partial charge on any atom is 0.0769 e. The summed E-state index contributed by atoms with van der Waals surface area (Å²) < 4.78 is 0. The highest BCUT2D eigenvalue weighted by Gasteiger charge is 2.21. The standard InChI is InChI=1S/C17H22N4/c1-2-5-15(6-3-1)8-11-21-12-9-17(14-21)18-13-16-7-4-10-19-20-16/h1-7,10,17-18H,8-9,11-14H2. The molecule has 1 unspecified atom stereocenters. The number of rotatable bonds is 6. The zero-order valence-electron chi connectivity index (χ0n) is 12.3. The van der Waals surface area contributed by atoms with E-state index in [9.17, 15) is 0 Å². The van der Waals surface area contributed by atoms with Gasteiger partial charge in [0.15, 0.2) is 0 Å². The Morgan fingerprint density at radius 3 is 2.86 bits per heavy atom.